The lowest BCUT2D eigenvalue weighted by molar-refractivity contribution is 0.249. The largest absolute Gasteiger partial charge is 0.394 e. The summed E-state index contributed by atoms with van der Waals surface area (Å²) >= 11 is 0. The molecule has 0 aliphatic heterocycles. The van der Waals surface area contributed by atoms with Gasteiger partial charge in [0.2, 0.25) is 0 Å². The zero-order valence-electron chi connectivity index (χ0n) is 13.1. The molecule has 0 aromatic carbocycles. The number of hydrogen-bond acceptors (Lipinski definition) is 5. The molecule has 0 aliphatic rings. The minimum absolute atomic E-state index is 0.0124. The Bertz CT molecular complexity index is 395. The summed E-state index contributed by atoms with van der Waals surface area (Å²) in [5.74, 6) is 2.83. The highest BCUT2D eigenvalue weighted by Gasteiger charge is 2.13. The fourth-order valence-corrected chi connectivity index (χ4v) is 1.86. The van der Waals surface area contributed by atoms with Crippen molar-refractivity contribution in [2.24, 2.45) is 5.92 Å². The van der Waals surface area contributed by atoms with Gasteiger partial charge in [-0.15, -0.1) is 0 Å². The second kappa shape index (κ2) is 8.74. The average molecular weight is 280 g/mol. The van der Waals surface area contributed by atoms with Gasteiger partial charge >= 0.3 is 0 Å². The van der Waals surface area contributed by atoms with E-state index < -0.39 is 0 Å². The predicted molar refractivity (Wildman–Crippen MR) is 84.1 cm³/mol. The third kappa shape index (κ3) is 5.33. The van der Waals surface area contributed by atoms with Crippen molar-refractivity contribution in [3.05, 3.63) is 11.9 Å². The number of anilines is 2. The zero-order chi connectivity index (χ0) is 15.0. The van der Waals surface area contributed by atoms with Gasteiger partial charge in [0.15, 0.2) is 0 Å². The van der Waals surface area contributed by atoms with Crippen LogP contribution in [0.5, 0.6) is 0 Å². The number of nitrogens with zero attached hydrogens (tertiary/aromatic N) is 2. The maximum absolute atomic E-state index is 9.42. The lowest BCUT2D eigenvalue weighted by atomic mass is 10.1. The zero-order valence-corrected chi connectivity index (χ0v) is 13.1. The van der Waals surface area contributed by atoms with Gasteiger partial charge in [-0.1, -0.05) is 27.7 Å². The first kappa shape index (κ1) is 16.7. The molecule has 5 heteroatoms. The molecule has 1 atom stereocenters. The quantitative estimate of drug-likeness (QED) is 0.649. The summed E-state index contributed by atoms with van der Waals surface area (Å²) in [6.07, 6.45) is 2.94. The van der Waals surface area contributed by atoms with Crippen LogP contribution in [0, 0.1) is 5.92 Å². The van der Waals surface area contributed by atoms with E-state index in [2.05, 4.69) is 48.3 Å². The van der Waals surface area contributed by atoms with E-state index in [0.717, 1.165) is 43.3 Å². The molecular weight excluding hydrogens is 252 g/mol. The number of aryl methyl sites for hydroxylation is 1. The van der Waals surface area contributed by atoms with Crippen LogP contribution in [-0.2, 0) is 6.42 Å². The normalized spacial score (nSPS) is 12.5. The summed E-state index contributed by atoms with van der Waals surface area (Å²) in [5, 5.41) is 16.0. The Morgan fingerprint density at radius 2 is 1.85 bits per heavy atom. The summed E-state index contributed by atoms with van der Waals surface area (Å²) in [6, 6.07) is 1.93. The van der Waals surface area contributed by atoms with Crippen LogP contribution in [0.1, 0.15) is 46.4 Å². The topological polar surface area (TPSA) is 70.1 Å². The first-order valence-electron chi connectivity index (χ1n) is 7.59. The summed E-state index contributed by atoms with van der Waals surface area (Å²) in [6.45, 7) is 9.41. The van der Waals surface area contributed by atoms with Crippen molar-refractivity contribution in [3.63, 3.8) is 0 Å². The molecule has 0 amide bonds. The minimum atomic E-state index is 0.0124. The number of aromatic nitrogens is 2. The molecule has 114 valence electrons. The van der Waals surface area contributed by atoms with Crippen molar-refractivity contribution >= 4 is 11.6 Å². The Kier molecular flexibility index (Phi) is 7.30. The van der Waals surface area contributed by atoms with Gasteiger partial charge in [0.05, 0.1) is 12.6 Å². The second-order valence-electron chi connectivity index (χ2n) is 5.41. The van der Waals surface area contributed by atoms with Crippen molar-refractivity contribution in [3.8, 4) is 0 Å². The van der Waals surface area contributed by atoms with E-state index in [4.69, 9.17) is 0 Å². The molecule has 0 aliphatic carbocycles. The standard InChI is InChI=1S/C15H28N4O/c1-5-7-13-18-14(16-8-6-2)9-15(19-13)17-12(10-20)11(3)4/h9,11-12,20H,5-8,10H2,1-4H3,(H2,16,17,18,19). The van der Waals surface area contributed by atoms with Crippen molar-refractivity contribution < 1.29 is 5.11 Å². The van der Waals surface area contributed by atoms with Gasteiger partial charge < -0.3 is 15.7 Å². The molecule has 0 saturated carbocycles. The molecule has 1 unspecified atom stereocenters. The van der Waals surface area contributed by atoms with Gasteiger partial charge in [0.1, 0.15) is 17.5 Å². The summed E-state index contributed by atoms with van der Waals surface area (Å²) < 4.78 is 0. The number of aliphatic hydroxyl groups is 1. The molecule has 20 heavy (non-hydrogen) atoms. The Labute approximate surface area is 122 Å². The molecule has 0 saturated heterocycles. The van der Waals surface area contributed by atoms with Crippen LogP contribution < -0.4 is 10.6 Å². The van der Waals surface area contributed by atoms with Gasteiger partial charge in [-0.3, -0.25) is 0 Å². The van der Waals surface area contributed by atoms with Crippen LogP contribution in [0.15, 0.2) is 6.07 Å². The third-order valence-electron chi connectivity index (χ3n) is 3.14. The maximum atomic E-state index is 9.42. The van der Waals surface area contributed by atoms with E-state index in [9.17, 15) is 5.11 Å². The van der Waals surface area contributed by atoms with Gasteiger partial charge in [-0.05, 0) is 18.8 Å². The van der Waals surface area contributed by atoms with Crippen LogP contribution in [0.3, 0.4) is 0 Å². The smallest absolute Gasteiger partial charge is 0.133 e. The van der Waals surface area contributed by atoms with E-state index in [1.807, 2.05) is 6.07 Å². The molecule has 1 rings (SSSR count). The third-order valence-corrected chi connectivity index (χ3v) is 3.14. The van der Waals surface area contributed by atoms with E-state index in [0.29, 0.717) is 5.92 Å². The second-order valence-corrected chi connectivity index (χ2v) is 5.41. The SMILES string of the molecule is CCCNc1cc(NC(CO)C(C)C)nc(CCC)n1. The Balaban J connectivity index is 2.89. The van der Waals surface area contributed by atoms with Crippen LogP contribution in [0.25, 0.3) is 0 Å². The van der Waals surface area contributed by atoms with E-state index >= 15 is 0 Å². The van der Waals surface area contributed by atoms with Crippen molar-refractivity contribution in [2.45, 2.75) is 53.0 Å². The summed E-state index contributed by atoms with van der Waals surface area (Å²) in [5.41, 5.74) is 0. The highest BCUT2D eigenvalue weighted by molar-refractivity contribution is 5.48. The van der Waals surface area contributed by atoms with Crippen LogP contribution in [0.4, 0.5) is 11.6 Å². The van der Waals surface area contributed by atoms with E-state index in [-0.39, 0.29) is 12.6 Å². The van der Waals surface area contributed by atoms with Gasteiger partial charge in [0, 0.05) is 19.0 Å². The number of rotatable bonds is 9. The van der Waals surface area contributed by atoms with Gasteiger partial charge in [-0.2, -0.15) is 0 Å². The van der Waals surface area contributed by atoms with Crippen molar-refractivity contribution in [2.75, 3.05) is 23.8 Å². The Morgan fingerprint density at radius 3 is 2.40 bits per heavy atom. The molecular formula is C15H28N4O. The van der Waals surface area contributed by atoms with Gasteiger partial charge in [0.25, 0.3) is 0 Å². The fourth-order valence-electron chi connectivity index (χ4n) is 1.86. The van der Waals surface area contributed by atoms with Crippen LogP contribution >= 0.6 is 0 Å². The molecule has 1 aromatic heterocycles. The fraction of sp³-hybridized carbons (Fsp3) is 0.733. The highest BCUT2D eigenvalue weighted by Crippen LogP contribution is 2.15. The predicted octanol–water partition coefficient (Wildman–Crippen LogP) is 2.68. The molecule has 3 N–H and O–H groups in total. The molecule has 0 radical (unpaired) electrons. The first-order chi connectivity index (χ1) is 9.60. The minimum Gasteiger partial charge on any atom is -0.394 e. The number of aliphatic hydroxyl groups excluding tert-OH is 1. The average Bonchev–Trinajstić information content (AvgIpc) is 2.42. The highest BCUT2D eigenvalue weighted by atomic mass is 16.3. The molecule has 0 spiro atoms. The summed E-state index contributed by atoms with van der Waals surface area (Å²) in [7, 11) is 0. The molecule has 0 bridgehead atoms. The summed E-state index contributed by atoms with van der Waals surface area (Å²) in [4.78, 5) is 9.04. The Morgan fingerprint density at radius 1 is 1.15 bits per heavy atom. The Hall–Kier alpha value is -1.36. The lowest BCUT2D eigenvalue weighted by Gasteiger charge is -2.21. The monoisotopic (exact) mass is 280 g/mol. The van der Waals surface area contributed by atoms with Crippen molar-refractivity contribution in [1.82, 2.24) is 9.97 Å². The number of hydrogen-bond donors (Lipinski definition) is 3. The van der Waals surface area contributed by atoms with Crippen LogP contribution in [-0.4, -0.2) is 34.3 Å². The molecule has 1 heterocycles. The van der Waals surface area contributed by atoms with E-state index in [1.165, 1.54) is 0 Å². The molecule has 5 nitrogen and oxygen atoms in total. The molecule has 1 aromatic rings. The molecule has 0 fully saturated rings. The van der Waals surface area contributed by atoms with E-state index in [1.54, 1.807) is 0 Å². The van der Waals surface area contributed by atoms with Crippen LogP contribution in [0.2, 0.25) is 0 Å². The van der Waals surface area contributed by atoms with Crippen molar-refractivity contribution in [1.29, 1.82) is 0 Å². The van der Waals surface area contributed by atoms with Gasteiger partial charge in [-0.25, -0.2) is 9.97 Å². The lowest BCUT2D eigenvalue weighted by Crippen LogP contribution is -2.30. The number of nitrogens with one attached hydrogen (secondary N) is 2. The first-order valence-corrected chi connectivity index (χ1v) is 7.59. The maximum Gasteiger partial charge on any atom is 0.133 e.